The fourth-order valence-corrected chi connectivity index (χ4v) is 4.28. The van der Waals surface area contributed by atoms with Gasteiger partial charge < -0.3 is 19.4 Å². The Labute approximate surface area is 143 Å². The maximum atomic E-state index is 12.9. The van der Waals surface area contributed by atoms with Gasteiger partial charge in [0.15, 0.2) is 5.79 Å². The number of likely N-dealkylation sites (tertiary alicyclic amines) is 1. The van der Waals surface area contributed by atoms with E-state index in [-0.39, 0.29) is 5.91 Å². The highest BCUT2D eigenvalue weighted by Crippen LogP contribution is 2.35. The van der Waals surface area contributed by atoms with Crippen LogP contribution in [-0.2, 0) is 9.47 Å². The Morgan fingerprint density at radius 3 is 2.61 bits per heavy atom. The molecule has 122 valence electrons. The van der Waals surface area contributed by atoms with E-state index in [2.05, 4.69) is 4.98 Å². The van der Waals surface area contributed by atoms with E-state index in [0.717, 1.165) is 27.6 Å². The van der Waals surface area contributed by atoms with Gasteiger partial charge in [0.25, 0.3) is 5.91 Å². The van der Waals surface area contributed by atoms with E-state index in [4.69, 9.17) is 21.1 Å². The summed E-state index contributed by atoms with van der Waals surface area (Å²) >= 11 is 7.49. The minimum atomic E-state index is -0.459. The highest BCUT2D eigenvalue weighted by Gasteiger charge is 2.41. The Morgan fingerprint density at radius 2 is 1.96 bits per heavy atom. The van der Waals surface area contributed by atoms with Gasteiger partial charge in [-0.1, -0.05) is 11.6 Å². The number of rotatable bonds is 2. The molecule has 1 N–H and O–H groups in total. The maximum absolute atomic E-state index is 12.9. The van der Waals surface area contributed by atoms with Crippen LogP contribution in [0.1, 0.15) is 23.2 Å². The van der Waals surface area contributed by atoms with E-state index in [9.17, 15) is 4.79 Å². The Balaban J connectivity index is 1.51. The van der Waals surface area contributed by atoms with Crippen molar-refractivity contribution in [3.63, 3.8) is 0 Å². The first-order chi connectivity index (χ1) is 11.2. The van der Waals surface area contributed by atoms with Crippen LogP contribution in [0, 0.1) is 0 Å². The predicted molar refractivity (Wildman–Crippen MR) is 88.9 cm³/mol. The number of nitrogens with zero attached hydrogens (tertiary/aromatic N) is 1. The van der Waals surface area contributed by atoms with Crippen LogP contribution < -0.4 is 0 Å². The molecule has 2 aromatic rings. The SMILES string of the molecule is O=C(c1c[nH]cc1-c1ccc(Cl)s1)N1CCC2(CC1)OCCO2. The number of ether oxygens (including phenoxy) is 2. The molecule has 7 heteroatoms. The second-order valence-corrected chi connectivity index (χ2v) is 7.50. The number of piperidine rings is 1. The number of carbonyl (C=O) groups is 1. The van der Waals surface area contributed by atoms with Gasteiger partial charge in [-0.3, -0.25) is 4.79 Å². The number of H-pyrrole nitrogens is 1. The Hall–Kier alpha value is -1.34. The molecule has 0 aliphatic carbocycles. The largest absolute Gasteiger partial charge is 0.366 e. The van der Waals surface area contributed by atoms with Gasteiger partial charge in [-0.2, -0.15) is 0 Å². The number of carbonyl (C=O) groups excluding carboxylic acids is 1. The van der Waals surface area contributed by atoms with E-state index >= 15 is 0 Å². The zero-order valence-corrected chi connectivity index (χ0v) is 14.1. The minimum Gasteiger partial charge on any atom is -0.366 e. The number of nitrogens with one attached hydrogen (secondary N) is 1. The normalized spacial score (nSPS) is 20.3. The van der Waals surface area contributed by atoms with Gasteiger partial charge in [0, 0.05) is 48.8 Å². The zero-order chi connectivity index (χ0) is 15.9. The van der Waals surface area contributed by atoms with Gasteiger partial charge in [-0.05, 0) is 12.1 Å². The van der Waals surface area contributed by atoms with Crippen molar-refractivity contribution in [2.75, 3.05) is 26.3 Å². The van der Waals surface area contributed by atoms with E-state index in [1.54, 1.807) is 6.20 Å². The standard InChI is InChI=1S/C16H17ClN2O3S/c17-14-2-1-13(23-14)11-9-18-10-12(11)15(20)19-5-3-16(4-6-19)21-7-8-22-16/h1-2,9-10,18H,3-8H2. The third-order valence-electron chi connectivity index (χ3n) is 4.44. The number of thiophene rings is 1. The lowest BCUT2D eigenvalue weighted by Crippen LogP contribution is -2.47. The molecule has 0 saturated carbocycles. The van der Waals surface area contributed by atoms with Crippen LogP contribution in [0.2, 0.25) is 4.34 Å². The van der Waals surface area contributed by atoms with Crippen LogP contribution in [0.4, 0.5) is 0 Å². The van der Waals surface area contributed by atoms with Gasteiger partial charge in [0.1, 0.15) is 0 Å². The van der Waals surface area contributed by atoms with E-state index in [1.807, 2.05) is 23.2 Å². The molecule has 0 bridgehead atoms. The molecule has 2 aliphatic heterocycles. The fraction of sp³-hybridized carbons (Fsp3) is 0.438. The Kier molecular flexibility index (Phi) is 3.93. The molecule has 5 nitrogen and oxygen atoms in total. The minimum absolute atomic E-state index is 0.0404. The van der Waals surface area contributed by atoms with E-state index in [0.29, 0.717) is 31.9 Å². The van der Waals surface area contributed by atoms with Crippen molar-refractivity contribution in [3.05, 3.63) is 34.4 Å². The second kappa shape index (κ2) is 5.94. The number of hydrogen-bond acceptors (Lipinski definition) is 4. The molecule has 2 saturated heterocycles. The molecular formula is C16H17ClN2O3S. The molecule has 0 atom stereocenters. The predicted octanol–water partition coefficient (Wildman–Crippen LogP) is 3.38. The van der Waals surface area contributed by atoms with Gasteiger partial charge >= 0.3 is 0 Å². The molecule has 23 heavy (non-hydrogen) atoms. The van der Waals surface area contributed by atoms with Crippen molar-refractivity contribution in [1.29, 1.82) is 0 Å². The summed E-state index contributed by atoms with van der Waals surface area (Å²) in [5.41, 5.74) is 1.59. The highest BCUT2D eigenvalue weighted by molar-refractivity contribution is 7.19. The zero-order valence-electron chi connectivity index (χ0n) is 12.5. The summed E-state index contributed by atoms with van der Waals surface area (Å²) in [5, 5.41) is 0. The van der Waals surface area contributed by atoms with Crippen molar-refractivity contribution < 1.29 is 14.3 Å². The molecule has 4 rings (SSSR count). The van der Waals surface area contributed by atoms with Crippen LogP contribution in [0.3, 0.4) is 0 Å². The Bertz CT molecular complexity index is 710. The molecule has 1 amide bonds. The van der Waals surface area contributed by atoms with Crippen molar-refractivity contribution in [3.8, 4) is 10.4 Å². The topological polar surface area (TPSA) is 54.6 Å². The molecule has 1 spiro atoms. The van der Waals surface area contributed by atoms with Gasteiger partial charge in [-0.15, -0.1) is 11.3 Å². The van der Waals surface area contributed by atoms with Crippen LogP contribution >= 0.6 is 22.9 Å². The lowest BCUT2D eigenvalue weighted by Gasteiger charge is -2.37. The average molecular weight is 353 g/mol. The lowest BCUT2D eigenvalue weighted by atomic mass is 10.0. The molecule has 2 aliphatic rings. The van der Waals surface area contributed by atoms with Gasteiger partial charge in [0.05, 0.1) is 23.1 Å². The van der Waals surface area contributed by atoms with Crippen molar-refractivity contribution in [1.82, 2.24) is 9.88 Å². The number of hydrogen-bond donors (Lipinski definition) is 1. The monoisotopic (exact) mass is 352 g/mol. The summed E-state index contributed by atoms with van der Waals surface area (Å²) in [6.07, 6.45) is 5.06. The highest BCUT2D eigenvalue weighted by atomic mass is 35.5. The first-order valence-electron chi connectivity index (χ1n) is 7.67. The summed E-state index contributed by atoms with van der Waals surface area (Å²) in [7, 11) is 0. The molecular weight excluding hydrogens is 336 g/mol. The summed E-state index contributed by atoms with van der Waals surface area (Å²) in [6.45, 7) is 2.59. The van der Waals surface area contributed by atoms with Crippen molar-refractivity contribution in [2.24, 2.45) is 0 Å². The quantitative estimate of drug-likeness (QED) is 0.901. The molecule has 2 fully saturated rings. The molecule has 0 radical (unpaired) electrons. The van der Waals surface area contributed by atoms with Crippen molar-refractivity contribution >= 4 is 28.8 Å². The average Bonchev–Trinajstić information content (AvgIpc) is 3.28. The third-order valence-corrected chi connectivity index (χ3v) is 5.71. The van der Waals surface area contributed by atoms with Crippen LogP contribution in [-0.4, -0.2) is 47.9 Å². The number of aromatic amines is 1. The molecule has 4 heterocycles. The van der Waals surface area contributed by atoms with Gasteiger partial charge in [0.2, 0.25) is 0 Å². The number of halogens is 1. The smallest absolute Gasteiger partial charge is 0.256 e. The fourth-order valence-electron chi connectivity index (χ4n) is 3.21. The number of aromatic nitrogens is 1. The first kappa shape index (κ1) is 15.2. The van der Waals surface area contributed by atoms with E-state index < -0.39 is 5.79 Å². The maximum Gasteiger partial charge on any atom is 0.256 e. The first-order valence-corrected chi connectivity index (χ1v) is 8.86. The lowest BCUT2D eigenvalue weighted by molar-refractivity contribution is -0.181. The summed E-state index contributed by atoms with van der Waals surface area (Å²) in [6, 6.07) is 3.79. The van der Waals surface area contributed by atoms with Crippen LogP contribution in [0.5, 0.6) is 0 Å². The Morgan fingerprint density at radius 1 is 1.22 bits per heavy atom. The molecule has 2 aromatic heterocycles. The summed E-state index contributed by atoms with van der Waals surface area (Å²) in [4.78, 5) is 18.8. The molecule has 0 aromatic carbocycles. The summed E-state index contributed by atoms with van der Waals surface area (Å²) < 4.78 is 12.2. The van der Waals surface area contributed by atoms with Gasteiger partial charge in [-0.25, -0.2) is 0 Å². The third kappa shape index (κ3) is 2.80. The van der Waals surface area contributed by atoms with E-state index in [1.165, 1.54) is 11.3 Å². The van der Waals surface area contributed by atoms with Crippen molar-refractivity contribution in [2.45, 2.75) is 18.6 Å². The second-order valence-electron chi connectivity index (χ2n) is 5.79. The van der Waals surface area contributed by atoms with Crippen LogP contribution in [0.15, 0.2) is 24.5 Å². The molecule has 0 unspecified atom stereocenters. The summed E-state index contributed by atoms with van der Waals surface area (Å²) in [5.74, 6) is -0.419. The number of amides is 1. The van der Waals surface area contributed by atoms with Crippen LogP contribution in [0.25, 0.3) is 10.4 Å².